The Kier molecular flexibility index (Phi) is 5.41. The topological polar surface area (TPSA) is 113 Å². The summed E-state index contributed by atoms with van der Waals surface area (Å²) in [6, 6.07) is 20.4. The molecule has 35 heavy (non-hydrogen) atoms. The lowest BCUT2D eigenvalue weighted by Crippen LogP contribution is -2.29. The number of ether oxygens (including phenoxy) is 1. The summed E-state index contributed by atoms with van der Waals surface area (Å²) < 4.78 is 4.80. The second-order valence-electron chi connectivity index (χ2n) is 8.27. The van der Waals surface area contributed by atoms with Crippen molar-refractivity contribution < 1.29 is 24.2 Å². The second kappa shape index (κ2) is 8.57. The number of H-pyrrole nitrogens is 1. The van der Waals surface area contributed by atoms with Crippen molar-refractivity contribution in [3.63, 3.8) is 0 Å². The van der Waals surface area contributed by atoms with Gasteiger partial charge in [0.2, 0.25) is 0 Å². The maximum atomic E-state index is 13.6. The lowest BCUT2D eigenvalue weighted by Gasteiger charge is -2.26. The Balaban J connectivity index is 1.66. The van der Waals surface area contributed by atoms with Crippen LogP contribution in [-0.4, -0.2) is 40.3 Å². The average Bonchev–Trinajstić information content (AvgIpc) is 3.43. The highest BCUT2D eigenvalue weighted by Crippen LogP contribution is 2.45. The molecule has 0 saturated carbocycles. The molecule has 0 aliphatic carbocycles. The van der Waals surface area contributed by atoms with Crippen molar-refractivity contribution in [3.8, 4) is 11.3 Å². The number of hydrogen-bond acceptors (Lipinski definition) is 5. The number of carboxylic acids is 1. The maximum Gasteiger partial charge on any atom is 0.337 e. The van der Waals surface area contributed by atoms with Gasteiger partial charge in [-0.05, 0) is 48.9 Å². The molecule has 3 aromatic carbocycles. The van der Waals surface area contributed by atoms with Gasteiger partial charge < -0.3 is 9.84 Å². The molecule has 1 aliphatic heterocycles. The molecule has 8 heteroatoms. The molecule has 174 valence electrons. The number of aromatic nitrogens is 2. The number of aromatic amines is 1. The van der Waals surface area contributed by atoms with Crippen LogP contribution in [0.4, 0.5) is 5.69 Å². The Labute approximate surface area is 200 Å². The van der Waals surface area contributed by atoms with Gasteiger partial charge in [-0.2, -0.15) is 5.10 Å². The first-order valence-electron chi connectivity index (χ1n) is 10.9. The predicted octanol–water partition coefficient (Wildman–Crippen LogP) is 4.62. The summed E-state index contributed by atoms with van der Waals surface area (Å²) in [5.74, 6) is -1.78. The van der Waals surface area contributed by atoms with Crippen LogP contribution in [0.3, 0.4) is 0 Å². The molecule has 0 bridgehead atoms. The molecule has 0 unspecified atom stereocenters. The fraction of sp³-hybridized carbons (Fsp3) is 0.111. The fourth-order valence-electron chi connectivity index (χ4n) is 4.34. The third-order valence-corrected chi connectivity index (χ3v) is 6.13. The molecule has 4 aromatic rings. The number of esters is 1. The van der Waals surface area contributed by atoms with Gasteiger partial charge in [0.15, 0.2) is 0 Å². The zero-order chi connectivity index (χ0) is 24.7. The van der Waals surface area contributed by atoms with Crippen LogP contribution in [0.25, 0.3) is 11.3 Å². The fourth-order valence-corrected chi connectivity index (χ4v) is 4.34. The number of aromatic carboxylic acids is 1. The number of amides is 1. The molecule has 8 nitrogen and oxygen atoms in total. The van der Waals surface area contributed by atoms with E-state index >= 15 is 0 Å². The van der Waals surface area contributed by atoms with Gasteiger partial charge in [0, 0.05) is 16.8 Å². The first-order chi connectivity index (χ1) is 16.9. The normalized spacial score (nSPS) is 14.6. The van der Waals surface area contributed by atoms with E-state index < -0.39 is 18.0 Å². The standard InChI is InChI=1S/C27H21N3O5/c1-15-3-5-16(6-4-15)22-21-23(29-28-22)25(31)30(20-13-11-18(12-14-20)26(32)33)24(21)17-7-9-19(10-8-17)27(34)35-2/h3-14,24H,1-2H3,(H,28,29)(H,32,33)/t24-/m1/s1. The minimum atomic E-state index is -1.05. The number of methoxy groups -OCH3 is 1. The Hall–Kier alpha value is -4.72. The van der Waals surface area contributed by atoms with Gasteiger partial charge in [-0.15, -0.1) is 0 Å². The molecule has 0 radical (unpaired) electrons. The number of carbonyl (C=O) groups is 3. The number of aryl methyl sites for hydroxylation is 1. The Morgan fingerprint density at radius 3 is 2.17 bits per heavy atom. The van der Waals surface area contributed by atoms with Crippen LogP contribution >= 0.6 is 0 Å². The van der Waals surface area contributed by atoms with Crippen LogP contribution < -0.4 is 4.90 Å². The highest BCUT2D eigenvalue weighted by Gasteiger charge is 2.43. The van der Waals surface area contributed by atoms with Crippen LogP contribution in [0.15, 0.2) is 72.8 Å². The molecule has 5 rings (SSSR count). The molecule has 1 atom stereocenters. The maximum absolute atomic E-state index is 13.6. The number of benzene rings is 3. The molecular formula is C27H21N3O5. The number of carbonyl (C=O) groups excluding carboxylic acids is 2. The lowest BCUT2D eigenvalue weighted by atomic mass is 9.95. The van der Waals surface area contributed by atoms with Crippen LogP contribution in [0.1, 0.15) is 53.9 Å². The zero-order valence-corrected chi connectivity index (χ0v) is 19.0. The van der Waals surface area contributed by atoms with Crippen molar-refractivity contribution in [2.75, 3.05) is 12.0 Å². The summed E-state index contributed by atoms with van der Waals surface area (Å²) in [6.45, 7) is 2.00. The average molecular weight is 467 g/mol. The van der Waals surface area contributed by atoms with Gasteiger partial charge in [0.05, 0.1) is 30.0 Å². The van der Waals surface area contributed by atoms with Crippen molar-refractivity contribution >= 4 is 23.5 Å². The van der Waals surface area contributed by atoms with Crippen molar-refractivity contribution in [1.29, 1.82) is 0 Å². The minimum Gasteiger partial charge on any atom is -0.478 e. The number of rotatable bonds is 5. The van der Waals surface area contributed by atoms with E-state index in [9.17, 15) is 19.5 Å². The smallest absolute Gasteiger partial charge is 0.337 e. The summed E-state index contributed by atoms with van der Waals surface area (Å²) in [5.41, 5.74) is 5.52. The van der Waals surface area contributed by atoms with E-state index in [1.807, 2.05) is 31.2 Å². The van der Waals surface area contributed by atoms with Crippen molar-refractivity contribution in [1.82, 2.24) is 10.2 Å². The van der Waals surface area contributed by atoms with E-state index in [1.165, 1.54) is 19.2 Å². The van der Waals surface area contributed by atoms with E-state index in [0.29, 0.717) is 28.2 Å². The van der Waals surface area contributed by atoms with Crippen LogP contribution in [0.5, 0.6) is 0 Å². The Morgan fingerprint density at radius 1 is 0.943 bits per heavy atom. The van der Waals surface area contributed by atoms with Gasteiger partial charge in [0.25, 0.3) is 5.91 Å². The highest BCUT2D eigenvalue weighted by molar-refractivity contribution is 6.12. The minimum absolute atomic E-state index is 0.125. The van der Waals surface area contributed by atoms with E-state index in [2.05, 4.69) is 10.2 Å². The number of nitrogens with zero attached hydrogens (tertiary/aromatic N) is 2. The van der Waals surface area contributed by atoms with Gasteiger partial charge >= 0.3 is 11.9 Å². The summed E-state index contributed by atoms with van der Waals surface area (Å²) in [6.07, 6.45) is 0. The number of hydrogen-bond donors (Lipinski definition) is 2. The van der Waals surface area contributed by atoms with Gasteiger partial charge in [-0.1, -0.05) is 42.0 Å². The zero-order valence-electron chi connectivity index (χ0n) is 19.0. The van der Waals surface area contributed by atoms with Crippen molar-refractivity contribution in [2.45, 2.75) is 13.0 Å². The van der Waals surface area contributed by atoms with Gasteiger partial charge in [-0.25, -0.2) is 9.59 Å². The van der Waals surface area contributed by atoms with Crippen LogP contribution in [-0.2, 0) is 4.74 Å². The molecule has 2 heterocycles. The third-order valence-electron chi connectivity index (χ3n) is 6.13. The molecule has 2 N–H and O–H groups in total. The molecule has 0 fully saturated rings. The number of fused-ring (bicyclic) bond motifs is 1. The van der Waals surface area contributed by atoms with E-state index in [1.54, 1.807) is 41.3 Å². The first-order valence-corrected chi connectivity index (χ1v) is 10.9. The molecule has 0 spiro atoms. The summed E-state index contributed by atoms with van der Waals surface area (Å²) in [4.78, 5) is 38.5. The summed E-state index contributed by atoms with van der Waals surface area (Å²) in [5, 5.41) is 16.6. The lowest BCUT2D eigenvalue weighted by molar-refractivity contribution is 0.0599. The number of nitrogens with one attached hydrogen (secondary N) is 1. The van der Waals surface area contributed by atoms with Crippen molar-refractivity contribution in [2.24, 2.45) is 0 Å². The monoisotopic (exact) mass is 467 g/mol. The highest BCUT2D eigenvalue weighted by atomic mass is 16.5. The SMILES string of the molecule is COC(=O)c1ccc([C@@H]2c3c(-c4ccc(C)cc4)n[nH]c3C(=O)N2c2ccc(C(=O)O)cc2)cc1. The van der Waals surface area contributed by atoms with Gasteiger partial charge in [0.1, 0.15) is 5.69 Å². The van der Waals surface area contributed by atoms with Crippen LogP contribution in [0, 0.1) is 6.92 Å². The van der Waals surface area contributed by atoms with E-state index in [4.69, 9.17) is 4.74 Å². The molecular weight excluding hydrogens is 446 g/mol. The molecule has 1 amide bonds. The summed E-state index contributed by atoms with van der Waals surface area (Å²) in [7, 11) is 1.32. The number of anilines is 1. The Bertz CT molecular complexity index is 1440. The third kappa shape index (κ3) is 3.74. The quantitative estimate of drug-likeness (QED) is 0.414. The van der Waals surface area contributed by atoms with Crippen LogP contribution in [0.2, 0.25) is 0 Å². The predicted molar refractivity (Wildman–Crippen MR) is 129 cm³/mol. The van der Waals surface area contributed by atoms with Gasteiger partial charge in [-0.3, -0.25) is 14.8 Å². The Morgan fingerprint density at radius 2 is 1.57 bits per heavy atom. The number of carboxylic acid groups (broad SMARTS) is 1. The molecule has 1 aliphatic rings. The largest absolute Gasteiger partial charge is 0.478 e. The first kappa shape index (κ1) is 22.1. The molecule has 0 saturated heterocycles. The van der Waals surface area contributed by atoms with E-state index in [-0.39, 0.29) is 11.5 Å². The van der Waals surface area contributed by atoms with Crippen molar-refractivity contribution in [3.05, 3.63) is 106 Å². The van der Waals surface area contributed by atoms with E-state index in [0.717, 1.165) is 16.7 Å². The second-order valence-corrected chi connectivity index (χ2v) is 8.27. The summed E-state index contributed by atoms with van der Waals surface area (Å²) >= 11 is 0. The molecule has 1 aromatic heterocycles.